The first-order valence-electron chi connectivity index (χ1n) is 5.04. The average Bonchev–Trinajstić information content (AvgIpc) is 2.20. The van der Waals surface area contributed by atoms with Gasteiger partial charge in [-0.3, -0.25) is 0 Å². The zero-order valence-corrected chi connectivity index (χ0v) is 10.8. The number of aromatic nitrogens is 1. The number of aryl methyl sites for hydroxylation is 1. The van der Waals surface area contributed by atoms with Gasteiger partial charge in [-0.1, -0.05) is 19.8 Å². The Bertz CT molecular complexity index is 352. The van der Waals surface area contributed by atoms with Gasteiger partial charge in [-0.2, -0.15) is 0 Å². The predicted octanol–water partition coefficient (Wildman–Crippen LogP) is 3.12. The summed E-state index contributed by atoms with van der Waals surface area (Å²) in [7, 11) is 0. The summed E-state index contributed by atoms with van der Waals surface area (Å²) in [6.07, 6.45) is 4.26. The van der Waals surface area contributed by atoms with Gasteiger partial charge in [0.1, 0.15) is 0 Å². The highest BCUT2D eigenvalue weighted by Gasteiger charge is 2.10. The van der Waals surface area contributed by atoms with Crippen LogP contribution in [0.25, 0.3) is 0 Å². The van der Waals surface area contributed by atoms with Crippen molar-refractivity contribution in [3.05, 3.63) is 27.1 Å². The number of hydrogen-bond acceptors (Lipinski definition) is 2. The van der Waals surface area contributed by atoms with E-state index in [2.05, 4.69) is 11.9 Å². The van der Waals surface area contributed by atoms with Gasteiger partial charge in [-0.05, 0) is 47.6 Å². The quantitative estimate of drug-likeness (QED) is 0.670. The van der Waals surface area contributed by atoms with Crippen LogP contribution in [-0.2, 0) is 6.42 Å². The van der Waals surface area contributed by atoms with E-state index in [1.54, 1.807) is 0 Å². The maximum Gasteiger partial charge on any atom is 0.355 e. The molecular weight excluding hydrogens is 305 g/mol. The molecule has 0 radical (unpaired) electrons. The second-order valence-electron chi connectivity index (χ2n) is 3.40. The van der Waals surface area contributed by atoms with Gasteiger partial charge in [0, 0.05) is 9.26 Å². The van der Waals surface area contributed by atoms with Crippen LogP contribution < -0.4 is 0 Å². The Morgan fingerprint density at radius 3 is 2.80 bits per heavy atom. The largest absolute Gasteiger partial charge is 0.476 e. The van der Waals surface area contributed by atoms with Crippen LogP contribution in [0.15, 0.2) is 12.1 Å². The summed E-state index contributed by atoms with van der Waals surface area (Å²) in [5.41, 5.74) is 1.05. The van der Waals surface area contributed by atoms with Crippen molar-refractivity contribution < 1.29 is 9.90 Å². The molecule has 0 aliphatic heterocycles. The van der Waals surface area contributed by atoms with Gasteiger partial charge in [0.15, 0.2) is 5.69 Å². The number of halogens is 1. The van der Waals surface area contributed by atoms with Crippen molar-refractivity contribution in [2.75, 3.05) is 0 Å². The average molecular weight is 319 g/mol. The van der Waals surface area contributed by atoms with Gasteiger partial charge in [0.2, 0.25) is 0 Å². The van der Waals surface area contributed by atoms with Crippen LogP contribution in [0.3, 0.4) is 0 Å². The Morgan fingerprint density at radius 2 is 2.20 bits per heavy atom. The first kappa shape index (κ1) is 12.4. The monoisotopic (exact) mass is 319 g/mol. The highest BCUT2D eigenvalue weighted by molar-refractivity contribution is 14.1. The van der Waals surface area contributed by atoms with Crippen molar-refractivity contribution in [3.8, 4) is 0 Å². The lowest BCUT2D eigenvalue weighted by Crippen LogP contribution is -2.05. The summed E-state index contributed by atoms with van der Waals surface area (Å²) in [6.45, 7) is 2.14. The lowest BCUT2D eigenvalue weighted by molar-refractivity contribution is 0.0689. The summed E-state index contributed by atoms with van der Waals surface area (Å²) in [5, 5.41) is 8.89. The third-order valence-corrected chi connectivity index (χ3v) is 3.01. The van der Waals surface area contributed by atoms with Crippen molar-refractivity contribution in [1.82, 2.24) is 4.98 Å². The van der Waals surface area contributed by atoms with E-state index in [4.69, 9.17) is 5.11 Å². The molecule has 1 heterocycles. The normalized spacial score (nSPS) is 10.3. The van der Waals surface area contributed by atoms with Crippen LogP contribution in [0, 0.1) is 3.57 Å². The summed E-state index contributed by atoms with van der Waals surface area (Å²) < 4.78 is 0.694. The van der Waals surface area contributed by atoms with E-state index in [1.165, 1.54) is 0 Å². The number of unbranched alkanes of at least 4 members (excludes halogenated alkanes) is 2. The molecule has 0 bridgehead atoms. The molecule has 1 rings (SSSR count). The van der Waals surface area contributed by atoms with Gasteiger partial charge >= 0.3 is 5.97 Å². The third kappa shape index (κ3) is 3.77. The fourth-order valence-electron chi connectivity index (χ4n) is 1.33. The number of hydrogen-bond donors (Lipinski definition) is 1. The van der Waals surface area contributed by atoms with Crippen LogP contribution in [0.1, 0.15) is 42.4 Å². The van der Waals surface area contributed by atoms with Crippen molar-refractivity contribution in [2.45, 2.75) is 32.6 Å². The molecule has 0 aliphatic rings. The maximum absolute atomic E-state index is 10.8. The van der Waals surface area contributed by atoms with Gasteiger partial charge < -0.3 is 5.11 Å². The minimum Gasteiger partial charge on any atom is -0.476 e. The fraction of sp³-hybridized carbons (Fsp3) is 0.455. The number of aromatic carboxylic acids is 1. The molecule has 1 aromatic rings. The zero-order valence-electron chi connectivity index (χ0n) is 8.66. The van der Waals surface area contributed by atoms with Gasteiger partial charge in [0.25, 0.3) is 0 Å². The molecule has 3 nitrogen and oxygen atoms in total. The predicted molar refractivity (Wildman–Crippen MR) is 67.1 cm³/mol. The van der Waals surface area contributed by atoms with Crippen LogP contribution in [0.2, 0.25) is 0 Å². The summed E-state index contributed by atoms with van der Waals surface area (Å²) >= 11 is 1.99. The van der Waals surface area contributed by atoms with E-state index in [0.29, 0.717) is 3.57 Å². The molecule has 0 unspecified atom stereocenters. The molecule has 0 aliphatic carbocycles. The van der Waals surface area contributed by atoms with Crippen LogP contribution in [0.4, 0.5) is 0 Å². The number of nitrogens with zero attached hydrogens (tertiary/aromatic N) is 1. The Hall–Kier alpha value is -0.650. The smallest absolute Gasteiger partial charge is 0.355 e. The molecule has 0 atom stereocenters. The van der Waals surface area contributed by atoms with Crippen molar-refractivity contribution in [1.29, 1.82) is 0 Å². The third-order valence-electron chi connectivity index (χ3n) is 2.14. The highest BCUT2D eigenvalue weighted by atomic mass is 127. The van der Waals surface area contributed by atoms with E-state index in [0.717, 1.165) is 31.4 Å². The summed E-state index contributed by atoms with van der Waals surface area (Å²) in [4.78, 5) is 15.0. The molecule has 0 saturated heterocycles. The van der Waals surface area contributed by atoms with E-state index in [9.17, 15) is 4.79 Å². The Morgan fingerprint density at radius 1 is 1.47 bits per heavy atom. The number of pyridine rings is 1. The zero-order chi connectivity index (χ0) is 11.3. The second kappa shape index (κ2) is 6.05. The maximum atomic E-state index is 10.8. The van der Waals surface area contributed by atoms with Gasteiger partial charge in [-0.15, -0.1) is 0 Å². The topological polar surface area (TPSA) is 50.2 Å². The van der Waals surface area contributed by atoms with E-state index >= 15 is 0 Å². The second-order valence-corrected chi connectivity index (χ2v) is 4.56. The van der Waals surface area contributed by atoms with E-state index in [-0.39, 0.29) is 5.69 Å². The van der Waals surface area contributed by atoms with Crippen LogP contribution in [-0.4, -0.2) is 16.1 Å². The number of carboxylic acids is 1. The minimum absolute atomic E-state index is 0.171. The SMILES string of the molecule is CCCCCc1ccc(I)c(C(=O)O)n1. The molecule has 82 valence electrons. The molecule has 1 aromatic heterocycles. The minimum atomic E-state index is -0.947. The molecule has 0 fully saturated rings. The van der Waals surface area contributed by atoms with Crippen LogP contribution >= 0.6 is 22.6 Å². The first-order chi connectivity index (χ1) is 7.15. The summed E-state index contributed by atoms with van der Waals surface area (Å²) in [6, 6.07) is 3.72. The highest BCUT2D eigenvalue weighted by Crippen LogP contribution is 2.12. The van der Waals surface area contributed by atoms with Crippen molar-refractivity contribution in [3.63, 3.8) is 0 Å². The number of carbonyl (C=O) groups is 1. The molecule has 0 spiro atoms. The van der Waals surface area contributed by atoms with E-state index < -0.39 is 5.97 Å². The molecular formula is C11H14INO2. The summed E-state index contributed by atoms with van der Waals surface area (Å²) in [5.74, 6) is -0.947. The van der Waals surface area contributed by atoms with Crippen molar-refractivity contribution >= 4 is 28.6 Å². The molecule has 4 heteroatoms. The van der Waals surface area contributed by atoms with Crippen molar-refractivity contribution in [2.24, 2.45) is 0 Å². The van der Waals surface area contributed by atoms with E-state index in [1.807, 2.05) is 34.7 Å². The molecule has 15 heavy (non-hydrogen) atoms. The standard InChI is InChI=1S/C11H14INO2/c1-2-3-4-5-8-6-7-9(12)10(13-8)11(14)15/h6-7H,2-5H2,1H3,(H,14,15). The first-order valence-corrected chi connectivity index (χ1v) is 6.11. The lowest BCUT2D eigenvalue weighted by atomic mass is 10.1. The fourth-order valence-corrected chi connectivity index (χ4v) is 1.86. The molecule has 0 saturated carbocycles. The molecule has 0 aromatic carbocycles. The van der Waals surface area contributed by atoms with Crippen LogP contribution in [0.5, 0.6) is 0 Å². The Labute approximate surface area is 103 Å². The number of carboxylic acid groups (broad SMARTS) is 1. The molecule has 1 N–H and O–H groups in total. The Kier molecular flexibility index (Phi) is 5.01. The van der Waals surface area contributed by atoms with Gasteiger partial charge in [-0.25, -0.2) is 9.78 Å². The lowest BCUT2D eigenvalue weighted by Gasteiger charge is -2.03. The molecule has 0 amide bonds. The number of rotatable bonds is 5. The Balaban J connectivity index is 2.74. The van der Waals surface area contributed by atoms with Gasteiger partial charge in [0.05, 0.1) is 0 Å².